The Labute approximate surface area is 142 Å². The van der Waals surface area contributed by atoms with Gasteiger partial charge in [0.25, 0.3) is 5.91 Å². The van der Waals surface area contributed by atoms with Crippen LogP contribution < -0.4 is 14.8 Å². The van der Waals surface area contributed by atoms with E-state index in [0.29, 0.717) is 12.3 Å². The van der Waals surface area contributed by atoms with Gasteiger partial charge >= 0.3 is 0 Å². The Balaban J connectivity index is 1.86. The number of para-hydroxylation sites is 1. The Morgan fingerprint density at radius 1 is 1.12 bits per heavy atom. The van der Waals surface area contributed by atoms with Gasteiger partial charge in [-0.25, -0.2) is 0 Å². The highest BCUT2D eigenvalue weighted by Crippen LogP contribution is 2.21. The van der Waals surface area contributed by atoms with E-state index in [9.17, 15) is 4.79 Å². The monoisotopic (exact) mass is 329 g/mol. The summed E-state index contributed by atoms with van der Waals surface area (Å²) < 4.78 is 16.2. The summed E-state index contributed by atoms with van der Waals surface area (Å²) in [6.45, 7) is 2.27. The number of methoxy groups -OCH3 is 2. The highest BCUT2D eigenvalue weighted by atomic mass is 16.5. The van der Waals surface area contributed by atoms with Crippen LogP contribution in [0.15, 0.2) is 48.5 Å². The third-order valence-electron chi connectivity index (χ3n) is 3.69. The van der Waals surface area contributed by atoms with Crippen molar-refractivity contribution in [2.24, 2.45) is 0 Å². The molecule has 0 spiro atoms. The topological polar surface area (TPSA) is 56.8 Å². The molecule has 2 rings (SSSR count). The standard InChI is InChI=1S/C19H23NO4/c1-14-7-4-5-10-17(14)24-13-19(21)20-12-18(23-3)15-8-6-9-16(11-15)22-2/h4-11,18H,12-13H2,1-3H3,(H,20,21)/t18-/m0/s1. The first-order valence-electron chi connectivity index (χ1n) is 7.76. The van der Waals surface area contributed by atoms with E-state index in [2.05, 4.69) is 5.32 Å². The molecule has 0 radical (unpaired) electrons. The van der Waals surface area contributed by atoms with Crippen LogP contribution >= 0.6 is 0 Å². The molecule has 24 heavy (non-hydrogen) atoms. The summed E-state index contributed by atoms with van der Waals surface area (Å²) in [5, 5.41) is 2.83. The van der Waals surface area contributed by atoms with Crippen molar-refractivity contribution in [3.63, 3.8) is 0 Å². The summed E-state index contributed by atoms with van der Waals surface area (Å²) in [6.07, 6.45) is -0.248. The van der Waals surface area contributed by atoms with E-state index in [1.54, 1.807) is 14.2 Å². The lowest BCUT2D eigenvalue weighted by Gasteiger charge is -2.17. The van der Waals surface area contributed by atoms with Gasteiger partial charge in [0.2, 0.25) is 0 Å². The molecule has 1 atom stereocenters. The van der Waals surface area contributed by atoms with E-state index in [1.807, 2.05) is 55.5 Å². The zero-order valence-corrected chi connectivity index (χ0v) is 14.2. The van der Waals surface area contributed by atoms with Gasteiger partial charge in [-0.15, -0.1) is 0 Å². The van der Waals surface area contributed by atoms with Crippen molar-refractivity contribution in [3.8, 4) is 11.5 Å². The van der Waals surface area contributed by atoms with Crippen LogP contribution in [-0.4, -0.2) is 33.3 Å². The minimum Gasteiger partial charge on any atom is -0.497 e. The van der Waals surface area contributed by atoms with Gasteiger partial charge in [-0.3, -0.25) is 4.79 Å². The molecular weight excluding hydrogens is 306 g/mol. The van der Waals surface area contributed by atoms with E-state index in [-0.39, 0.29) is 18.6 Å². The van der Waals surface area contributed by atoms with E-state index < -0.39 is 0 Å². The van der Waals surface area contributed by atoms with Crippen molar-refractivity contribution in [1.29, 1.82) is 0 Å². The first-order valence-corrected chi connectivity index (χ1v) is 7.76. The molecule has 5 heteroatoms. The molecule has 0 aliphatic rings. The molecule has 1 N–H and O–H groups in total. The fourth-order valence-corrected chi connectivity index (χ4v) is 2.30. The van der Waals surface area contributed by atoms with Gasteiger partial charge < -0.3 is 19.5 Å². The molecule has 0 aliphatic carbocycles. The highest BCUT2D eigenvalue weighted by Gasteiger charge is 2.13. The SMILES string of the molecule is COc1cccc([C@H](CNC(=O)COc2ccccc2C)OC)c1. The van der Waals surface area contributed by atoms with Crippen LogP contribution in [0.4, 0.5) is 0 Å². The van der Waals surface area contributed by atoms with Gasteiger partial charge in [0, 0.05) is 13.7 Å². The van der Waals surface area contributed by atoms with E-state index in [0.717, 1.165) is 16.9 Å². The van der Waals surface area contributed by atoms with Crippen LogP contribution in [0.2, 0.25) is 0 Å². The molecule has 2 aromatic rings. The number of rotatable bonds is 8. The second kappa shape index (κ2) is 8.93. The number of aryl methyl sites for hydroxylation is 1. The first kappa shape index (κ1) is 17.8. The normalized spacial score (nSPS) is 11.6. The Bertz CT molecular complexity index is 672. The van der Waals surface area contributed by atoms with Crippen LogP contribution in [-0.2, 0) is 9.53 Å². The molecule has 0 aromatic heterocycles. The molecule has 0 heterocycles. The molecule has 0 fully saturated rings. The van der Waals surface area contributed by atoms with Crippen molar-refractivity contribution < 1.29 is 19.0 Å². The third-order valence-corrected chi connectivity index (χ3v) is 3.69. The molecule has 0 aliphatic heterocycles. The largest absolute Gasteiger partial charge is 0.497 e. The van der Waals surface area contributed by atoms with Crippen molar-refractivity contribution in [2.45, 2.75) is 13.0 Å². The minimum absolute atomic E-state index is 0.0284. The summed E-state index contributed by atoms with van der Waals surface area (Å²) in [4.78, 5) is 12.0. The summed E-state index contributed by atoms with van der Waals surface area (Å²) >= 11 is 0. The zero-order chi connectivity index (χ0) is 17.4. The summed E-state index contributed by atoms with van der Waals surface area (Å²) in [5.41, 5.74) is 1.94. The van der Waals surface area contributed by atoms with E-state index in [4.69, 9.17) is 14.2 Å². The number of amides is 1. The van der Waals surface area contributed by atoms with E-state index >= 15 is 0 Å². The Morgan fingerprint density at radius 2 is 1.92 bits per heavy atom. The van der Waals surface area contributed by atoms with Crippen molar-refractivity contribution in [3.05, 3.63) is 59.7 Å². The predicted octanol–water partition coefficient (Wildman–Crippen LogP) is 2.89. The second-order valence-electron chi connectivity index (χ2n) is 5.36. The molecule has 0 unspecified atom stereocenters. The minimum atomic E-state index is -0.248. The van der Waals surface area contributed by atoms with Gasteiger partial charge in [-0.05, 0) is 36.2 Å². The number of hydrogen-bond acceptors (Lipinski definition) is 4. The third kappa shape index (κ3) is 4.99. The Morgan fingerprint density at radius 3 is 2.62 bits per heavy atom. The lowest BCUT2D eigenvalue weighted by molar-refractivity contribution is -0.123. The van der Waals surface area contributed by atoms with Crippen molar-refractivity contribution in [1.82, 2.24) is 5.32 Å². The van der Waals surface area contributed by atoms with E-state index in [1.165, 1.54) is 0 Å². The predicted molar refractivity (Wildman–Crippen MR) is 92.4 cm³/mol. The zero-order valence-electron chi connectivity index (χ0n) is 14.2. The average Bonchev–Trinajstić information content (AvgIpc) is 2.61. The van der Waals surface area contributed by atoms with Gasteiger partial charge in [-0.2, -0.15) is 0 Å². The highest BCUT2D eigenvalue weighted by molar-refractivity contribution is 5.77. The van der Waals surface area contributed by atoms with Crippen LogP contribution in [0, 0.1) is 6.92 Å². The van der Waals surface area contributed by atoms with Gasteiger partial charge in [-0.1, -0.05) is 30.3 Å². The number of ether oxygens (including phenoxy) is 3. The average molecular weight is 329 g/mol. The van der Waals surface area contributed by atoms with Gasteiger partial charge in [0.1, 0.15) is 11.5 Å². The quantitative estimate of drug-likeness (QED) is 0.809. The number of benzene rings is 2. The maximum atomic E-state index is 12.0. The van der Waals surface area contributed by atoms with Gasteiger partial charge in [0.15, 0.2) is 6.61 Å². The lowest BCUT2D eigenvalue weighted by Crippen LogP contribution is -2.33. The Hall–Kier alpha value is -2.53. The summed E-state index contributed by atoms with van der Waals surface area (Å²) in [5.74, 6) is 1.27. The first-order chi connectivity index (χ1) is 11.6. The van der Waals surface area contributed by atoms with Crippen molar-refractivity contribution >= 4 is 5.91 Å². The van der Waals surface area contributed by atoms with Crippen LogP contribution in [0.25, 0.3) is 0 Å². The smallest absolute Gasteiger partial charge is 0.258 e. The second-order valence-corrected chi connectivity index (χ2v) is 5.36. The number of carbonyl (C=O) groups is 1. The fraction of sp³-hybridized carbons (Fsp3) is 0.316. The number of carbonyl (C=O) groups excluding carboxylic acids is 1. The maximum Gasteiger partial charge on any atom is 0.258 e. The Kier molecular flexibility index (Phi) is 6.63. The molecule has 0 saturated heterocycles. The number of hydrogen-bond donors (Lipinski definition) is 1. The summed E-state index contributed by atoms with van der Waals surface area (Å²) in [7, 11) is 3.23. The lowest BCUT2D eigenvalue weighted by atomic mass is 10.1. The molecule has 2 aromatic carbocycles. The molecular formula is C19H23NO4. The van der Waals surface area contributed by atoms with Crippen molar-refractivity contribution in [2.75, 3.05) is 27.4 Å². The maximum absolute atomic E-state index is 12.0. The van der Waals surface area contributed by atoms with Crippen LogP contribution in [0.5, 0.6) is 11.5 Å². The molecule has 128 valence electrons. The summed E-state index contributed by atoms with van der Waals surface area (Å²) in [6, 6.07) is 15.2. The fourth-order valence-electron chi connectivity index (χ4n) is 2.30. The molecule has 0 saturated carbocycles. The number of nitrogens with one attached hydrogen (secondary N) is 1. The van der Waals surface area contributed by atoms with Gasteiger partial charge in [0.05, 0.1) is 13.2 Å². The molecule has 5 nitrogen and oxygen atoms in total. The van der Waals surface area contributed by atoms with Crippen LogP contribution in [0.1, 0.15) is 17.2 Å². The van der Waals surface area contributed by atoms with Crippen LogP contribution in [0.3, 0.4) is 0 Å². The molecule has 0 bridgehead atoms. The molecule has 1 amide bonds.